The Hall–Kier alpha value is -0.320. The van der Waals surface area contributed by atoms with Crippen molar-refractivity contribution in [1.29, 1.82) is 0 Å². The van der Waals surface area contributed by atoms with E-state index in [4.69, 9.17) is 30.6 Å². The fourth-order valence-corrected chi connectivity index (χ4v) is 0. The van der Waals surface area contributed by atoms with Gasteiger partial charge in [0, 0.05) is 0 Å². The molecule has 0 amide bonds. The van der Waals surface area contributed by atoms with Crippen molar-refractivity contribution in [1.82, 2.24) is 0 Å². The molecule has 0 bridgehead atoms. The Balaban J connectivity index is -0.000000135. The molecule has 0 heterocycles. The minimum atomic E-state index is -1.90. The van der Waals surface area contributed by atoms with Crippen molar-refractivity contribution in [3.63, 3.8) is 0 Å². The van der Waals surface area contributed by atoms with E-state index in [1.165, 1.54) is 0 Å². The minimum Gasteiger partial charge on any atom is -0.394 e. The summed E-state index contributed by atoms with van der Waals surface area (Å²) in [6, 6.07) is 0. The summed E-state index contributed by atoms with van der Waals surface area (Å²) in [4.78, 5) is 0. The quantitative estimate of drug-likeness (QED) is 0.218. The number of hydrogen-bond acceptors (Lipinski definition) is 8. The fraction of sp³-hybridized carbons (Fsp3) is 1.00. The van der Waals surface area contributed by atoms with Crippen molar-refractivity contribution in [2.45, 2.75) is 5.85 Å². The molecular weight excluding hydrogens is 196 g/mol. The molecule has 8 nitrogen and oxygen atoms in total. The average Bonchev–Trinajstić information content (AvgIpc) is 2.17. The highest BCUT2D eigenvalue weighted by atomic mass is 16.4. The molecule has 10 N–H and O–H groups in total. The molecule has 90 valence electrons. The Labute approximate surface area is 82.0 Å². The van der Waals surface area contributed by atoms with Crippen LogP contribution < -0.4 is 11.5 Å². The SMILES string of the molecule is NC(N)(O)CO.OCCO.OCCO. The van der Waals surface area contributed by atoms with Crippen LogP contribution in [0.15, 0.2) is 0 Å². The average molecular weight is 216 g/mol. The first-order valence-electron chi connectivity index (χ1n) is 3.74. The highest BCUT2D eigenvalue weighted by molar-refractivity contribution is 4.54. The predicted octanol–water partition coefficient (Wildman–Crippen LogP) is -4.52. The third-order valence-corrected chi connectivity index (χ3v) is 0.453. The Morgan fingerprint density at radius 1 is 0.714 bits per heavy atom. The van der Waals surface area contributed by atoms with E-state index in [2.05, 4.69) is 11.5 Å². The van der Waals surface area contributed by atoms with Gasteiger partial charge in [-0.2, -0.15) is 0 Å². The van der Waals surface area contributed by atoms with Gasteiger partial charge in [0.25, 0.3) is 0 Å². The van der Waals surface area contributed by atoms with Crippen LogP contribution in [0.2, 0.25) is 0 Å². The normalized spacial score (nSPS) is 9.43. The molecular formula is C6H20N2O6. The molecule has 0 aliphatic rings. The maximum Gasteiger partial charge on any atom is 0.190 e. The largest absolute Gasteiger partial charge is 0.394 e. The summed E-state index contributed by atoms with van der Waals surface area (Å²) >= 11 is 0. The van der Waals surface area contributed by atoms with Gasteiger partial charge in [0.2, 0.25) is 0 Å². The zero-order chi connectivity index (χ0) is 12.0. The number of aliphatic hydroxyl groups excluding tert-OH is 5. The molecule has 0 unspecified atom stereocenters. The van der Waals surface area contributed by atoms with Crippen molar-refractivity contribution >= 4 is 0 Å². The lowest BCUT2D eigenvalue weighted by molar-refractivity contribution is -0.00341. The van der Waals surface area contributed by atoms with Crippen LogP contribution in [0.25, 0.3) is 0 Å². The first-order valence-corrected chi connectivity index (χ1v) is 3.74. The molecule has 0 aromatic rings. The third-order valence-electron chi connectivity index (χ3n) is 0.453. The van der Waals surface area contributed by atoms with Crippen LogP contribution in [0.3, 0.4) is 0 Å². The van der Waals surface area contributed by atoms with Gasteiger partial charge in [-0.1, -0.05) is 0 Å². The van der Waals surface area contributed by atoms with Crippen molar-refractivity contribution < 1.29 is 30.6 Å². The van der Waals surface area contributed by atoms with Crippen molar-refractivity contribution in [3.8, 4) is 0 Å². The van der Waals surface area contributed by atoms with Gasteiger partial charge in [-0.05, 0) is 0 Å². The lowest BCUT2D eigenvalue weighted by Crippen LogP contribution is -2.52. The second-order valence-electron chi connectivity index (χ2n) is 2.04. The lowest BCUT2D eigenvalue weighted by Gasteiger charge is -2.10. The second-order valence-corrected chi connectivity index (χ2v) is 2.04. The maximum absolute atomic E-state index is 8.13. The summed E-state index contributed by atoms with van der Waals surface area (Å²) in [6.07, 6.45) is 0. The predicted molar refractivity (Wildman–Crippen MR) is 48.8 cm³/mol. The standard InChI is InChI=1S/C2H8N2O2.2C2H6O2/c3-2(4,6)1-5;2*3-1-2-4/h5-6H,1,3-4H2;2*3-4H,1-2H2. The van der Waals surface area contributed by atoms with Crippen LogP contribution in [0.4, 0.5) is 0 Å². The summed E-state index contributed by atoms with van der Waals surface area (Å²) in [6.45, 7) is -1.12. The van der Waals surface area contributed by atoms with Crippen molar-refractivity contribution in [3.05, 3.63) is 0 Å². The number of hydrogen-bond donors (Lipinski definition) is 8. The maximum atomic E-state index is 8.13. The van der Waals surface area contributed by atoms with E-state index in [9.17, 15) is 0 Å². The van der Waals surface area contributed by atoms with E-state index in [0.29, 0.717) is 0 Å². The van der Waals surface area contributed by atoms with E-state index >= 15 is 0 Å². The van der Waals surface area contributed by atoms with Gasteiger partial charge in [0.1, 0.15) is 0 Å². The van der Waals surface area contributed by atoms with Crippen LogP contribution >= 0.6 is 0 Å². The summed E-state index contributed by atoms with van der Waals surface area (Å²) in [5.74, 6) is -1.90. The van der Waals surface area contributed by atoms with Gasteiger partial charge in [0.15, 0.2) is 5.85 Å². The van der Waals surface area contributed by atoms with Crippen molar-refractivity contribution in [2.75, 3.05) is 33.0 Å². The van der Waals surface area contributed by atoms with Gasteiger partial charge in [-0.15, -0.1) is 0 Å². The Kier molecular flexibility index (Phi) is 20.9. The lowest BCUT2D eigenvalue weighted by atomic mass is 10.5. The third kappa shape index (κ3) is 60.8. The van der Waals surface area contributed by atoms with Gasteiger partial charge < -0.3 is 30.6 Å². The second kappa shape index (κ2) is 15.2. The number of rotatable bonds is 3. The molecule has 8 heteroatoms. The van der Waals surface area contributed by atoms with Gasteiger partial charge in [-0.3, -0.25) is 11.5 Å². The summed E-state index contributed by atoms with van der Waals surface area (Å²) in [7, 11) is 0. The van der Waals surface area contributed by atoms with E-state index in [1.807, 2.05) is 0 Å². The highest BCUT2D eigenvalue weighted by Gasteiger charge is 2.08. The zero-order valence-electron chi connectivity index (χ0n) is 7.87. The van der Waals surface area contributed by atoms with Gasteiger partial charge >= 0.3 is 0 Å². The molecule has 0 saturated heterocycles. The monoisotopic (exact) mass is 216 g/mol. The first-order chi connectivity index (χ1) is 6.39. The molecule has 0 spiro atoms. The Morgan fingerprint density at radius 2 is 0.857 bits per heavy atom. The molecule has 0 radical (unpaired) electrons. The molecule has 0 aromatic carbocycles. The number of nitrogens with two attached hydrogens (primary N) is 2. The van der Waals surface area contributed by atoms with Crippen LogP contribution in [0.1, 0.15) is 0 Å². The van der Waals surface area contributed by atoms with Crippen molar-refractivity contribution in [2.24, 2.45) is 11.5 Å². The molecule has 0 rings (SSSR count). The summed E-state index contributed by atoms with van der Waals surface area (Å²) < 4.78 is 0. The molecule has 0 fully saturated rings. The van der Waals surface area contributed by atoms with E-state index < -0.39 is 12.5 Å². The van der Waals surface area contributed by atoms with E-state index in [1.54, 1.807) is 0 Å². The van der Waals surface area contributed by atoms with Crippen LogP contribution in [-0.2, 0) is 0 Å². The van der Waals surface area contributed by atoms with Crippen LogP contribution in [-0.4, -0.2) is 69.5 Å². The van der Waals surface area contributed by atoms with E-state index in [0.717, 1.165) is 0 Å². The molecule has 0 atom stereocenters. The Morgan fingerprint density at radius 3 is 0.857 bits per heavy atom. The topological polar surface area (TPSA) is 173 Å². The van der Waals surface area contributed by atoms with Crippen LogP contribution in [0.5, 0.6) is 0 Å². The molecule has 0 aliphatic heterocycles. The molecule has 0 aliphatic carbocycles. The first kappa shape index (κ1) is 19.3. The van der Waals surface area contributed by atoms with Crippen LogP contribution in [0, 0.1) is 0 Å². The Bertz CT molecular complexity index is 78.9. The van der Waals surface area contributed by atoms with E-state index in [-0.39, 0.29) is 26.4 Å². The fourth-order valence-electron chi connectivity index (χ4n) is 0. The minimum absolute atomic E-state index is 0.125. The van der Waals surface area contributed by atoms with Gasteiger partial charge in [-0.25, -0.2) is 0 Å². The smallest absolute Gasteiger partial charge is 0.190 e. The summed E-state index contributed by atoms with van der Waals surface area (Å²) in [5, 5.41) is 46.5. The molecule has 14 heavy (non-hydrogen) atoms. The molecule has 0 saturated carbocycles. The zero-order valence-corrected chi connectivity index (χ0v) is 7.87. The molecule has 0 aromatic heterocycles. The van der Waals surface area contributed by atoms with Gasteiger partial charge in [0.05, 0.1) is 33.0 Å². The number of aliphatic hydroxyl groups is 6. The summed E-state index contributed by atoms with van der Waals surface area (Å²) in [5.41, 5.74) is 9.24. The highest BCUT2D eigenvalue weighted by Crippen LogP contribution is 1.72.